The molecule has 1 unspecified atom stereocenters. The number of aromatic nitrogens is 2. The van der Waals surface area contributed by atoms with Gasteiger partial charge in [0.05, 0.1) is 0 Å². The van der Waals surface area contributed by atoms with Gasteiger partial charge in [-0.25, -0.2) is 0 Å². The lowest BCUT2D eigenvalue weighted by molar-refractivity contribution is 0.191. The van der Waals surface area contributed by atoms with Crippen LogP contribution in [0, 0.1) is 0 Å². The lowest BCUT2D eigenvalue weighted by Crippen LogP contribution is -2.18. The van der Waals surface area contributed by atoms with Crippen molar-refractivity contribution in [3.63, 3.8) is 0 Å². The van der Waals surface area contributed by atoms with Crippen molar-refractivity contribution in [2.24, 2.45) is 0 Å². The summed E-state index contributed by atoms with van der Waals surface area (Å²) in [6, 6.07) is 8.10. The number of halogens is 1. The first kappa shape index (κ1) is 13.1. The van der Waals surface area contributed by atoms with Crippen LogP contribution in [0.5, 0.6) is 0 Å². The van der Waals surface area contributed by atoms with Gasteiger partial charge in [-0.1, -0.05) is 35.9 Å². The van der Waals surface area contributed by atoms with Crippen LogP contribution < -0.4 is 5.32 Å². The van der Waals surface area contributed by atoms with E-state index in [0.29, 0.717) is 11.8 Å². The number of methoxy groups -OCH3 is 1. The summed E-state index contributed by atoms with van der Waals surface area (Å²) in [7, 11) is 1.70. The highest BCUT2D eigenvalue weighted by molar-refractivity contribution is 6.34. The molecule has 2 rings (SSSR count). The molecule has 1 N–H and O–H groups in total. The number of hydrogen-bond donors (Lipinski definition) is 1. The Morgan fingerprint density at radius 3 is 2.72 bits per heavy atom. The van der Waals surface area contributed by atoms with Crippen molar-refractivity contribution in [3.05, 3.63) is 29.4 Å². The topological polar surface area (TPSA) is 47.0 Å². The zero-order valence-corrected chi connectivity index (χ0v) is 11.2. The highest BCUT2D eigenvalue weighted by Gasteiger charge is 2.09. The fraction of sp³-hybridized carbons (Fsp3) is 0.385. The van der Waals surface area contributed by atoms with E-state index in [2.05, 4.69) is 22.4 Å². The van der Waals surface area contributed by atoms with Gasteiger partial charge in [-0.05, 0) is 13.3 Å². The monoisotopic (exact) mass is 265 g/mol. The Kier molecular flexibility index (Phi) is 4.33. The summed E-state index contributed by atoms with van der Waals surface area (Å²) in [6.07, 6.45) is 0.912. The molecule has 0 aliphatic heterocycles. The van der Waals surface area contributed by atoms with Crippen LogP contribution in [0.3, 0.4) is 0 Å². The normalized spacial score (nSPS) is 12.6. The SMILES string of the molecule is COCCC(C)Nc1nnc(Cl)c2ccccc12. The van der Waals surface area contributed by atoms with Gasteiger partial charge in [0, 0.05) is 30.5 Å². The van der Waals surface area contributed by atoms with Crippen molar-refractivity contribution in [2.75, 3.05) is 19.0 Å². The summed E-state index contributed by atoms with van der Waals surface area (Å²) in [5, 5.41) is 13.7. The summed E-state index contributed by atoms with van der Waals surface area (Å²) in [6.45, 7) is 2.80. The zero-order valence-electron chi connectivity index (χ0n) is 10.5. The van der Waals surface area contributed by atoms with E-state index in [0.717, 1.165) is 23.0 Å². The molecule has 0 aliphatic rings. The standard InChI is InChI=1S/C13H16ClN3O/c1-9(7-8-18-2)15-13-11-6-4-3-5-10(11)12(14)16-17-13/h3-6,9H,7-8H2,1-2H3,(H,15,17). The van der Waals surface area contributed by atoms with E-state index < -0.39 is 0 Å². The maximum atomic E-state index is 6.03. The Hall–Kier alpha value is -1.39. The van der Waals surface area contributed by atoms with Crippen molar-refractivity contribution >= 4 is 28.2 Å². The number of hydrogen-bond acceptors (Lipinski definition) is 4. The van der Waals surface area contributed by atoms with Gasteiger partial charge in [-0.3, -0.25) is 0 Å². The molecule has 4 nitrogen and oxygen atoms in total. The molecule has 96 valence electrons. The molecule has 0 fully saturated rings. The summed E-state index contributed by atoms with van der Waals surface area (Å²) in [5.41, 5.74) is 0. The number of nitrogens with zero attached hydrogens (tertiary/aromatic N) is 2. The minimum atomic E-state index is 0.267. The van der Waals surface area contributed by atoms with Gasteiger partial charge in [0.25, 0.3) is 0 Å². The Balaban J connectivity index is 2.26. The average molecular weight is 266 g/mol. The van der Waals surface area contributed by atoms with Crippen LogP contribution in [0.1, 0.15) is 13.3 Å². The van der Waals surface area contributed by atoms with Gasteiger partial charge in [0.1, 0.15) is 0 Å². The Morgan fingerprint density at radius 1 is 1.28 bits per heavy atom. The van der Waals surface area contributed by atoms with Gasteiger partial charge in [0.2, 0.25) is 0 Å². The lowest BCUT2D eigenvalue weighted by Gasteiger charge is -2.15. The van der Waals surface area contributed by atoms with Crippen LogP contribution in [0.15, 0.2) is 24.3 Å². The minimum Gasteiger partial charge on any atom is -0.385 e. The molecule has 0 saturated carbocycles. The maximum absolute atomic E-state index is 6.03. The molecular weight excluding hydrogens is 250 g/mol. The fourth-order valence-electron chi connectivity index (χ4n) is 1.78. The predicted molar refractivity (Wildman–Crippen MR) is 74.1 cm³/mol. The second-order valence-corrected chi connectivity index (χ2v) is 4.57. The number of anilines is 1. The number of nitrogens with one attached hydrogen (secondary N) is 1. The highest BCUT2D eigenvalue weighted by Crippen LogP contribution is 2.26. The Bertz CT molecular complexity index is 533. The second-order valence-electron chi connectivity index (χ2n) is 4.21. The third-order valence-electron chi connectivity index (χ3n) is 2.78. The molecule has 1 heterocycles. The van der Waals surface area contributed by atoms with E-state index in [-0.39, 0.29) is 6.04 Å². The molecule has 0 radical (unpaired) electrons. The molecule has 0 saturated heterocycles. The number of ether oxygens (including phenoxy) is 1. The number of rotatable bonds is 5. The summed E-state index contributed by atoms with van der Waals surface area (Å²) in [4.78, 5) is 0. The largest absolute Gasteiger partial charge is 0.385 e. The summed E-state index contributed by atoms with van der Waals surface area (Å²) in [5.74, 6) is 0.763. The molecule has 2 aromatic rings. The molecular formula is C13H16ClN3O. The van der Waals surface area contributed by atoms with E-state index in [4.69, 9.17) is 16.3 Å². The molecule has 0 aliphatic carbocycles. The van der Waals surface area contributed by atoms with Gasteiger partial charge in [-0.2, -0.15) is 0 Å². The average Bonchev–Trinajstić information content (AvgIpc) is 2.40. The van der Waals surface area contributed by atoms with Crippen LogP contribution in [0.2, 0.25) is 5.15 Å². The Morgan fingerprint density at radius 2 is 2.00 bits per heavy atom. The molecule has 1 aromatic heterocycles. The summed E-state index contributed by atoms with van der Waals surface area (Å²) >= 11 is 6.03. The maximum Gasteiger partial charge on any atom is 0.159 e. The van der Waals surface area contributed by atoms with E-state index in [1.807, 2.05) is 24.3 Å². The van der Waals surface area contributed by atoms with Gasteiger partial charge < -0.3 is 10.1 Å². The quantitative estimate of drug-likeness (QED) is 0.902. The first-order valence-corrected chi connectivity index (χ1v) is 6.26. The highest BCUT2D eigenvalue weighted by atomic mass is 35.5. The first-order valence-electron chi connectivity index (χ1n) is 5.88. The molecule has 18 heavy (non-hydrogen) atoms. The molecule has 1 atom stereocenters. The summed E-state index contributed by atoms with van der Waals surface area (Å²) < 4.78 is 5.06. The smallest absolute Gasteiger partial charge is 0.159 e. The van der Waals surface area contributed by atoms with E-state index in [9.17, 15) is 0 Å². The van der Waals surface area contributed by atoms with Gasteiger partial charge in [0.15, 0.2) is 11.0 Å². The van der Waals surface area contributed by atoms with Gasteiger partial charge in [-0.15, -0.1) is 10.2 Å². The Labute approximate surface area is 111 Å². The van der Waals surface area contributed by atoms with Crippen LogP contribution in [0.4, 0.5) is 5.82 Å². The molecule has 0 amide bonds. The molecule has 1 aromatic carbocycles. The fourth-order valence-corrected chi connectivity index (χ4v) is 1.98. The minimum absolute atomic E-state index is 0.267. The van der Waals surface area contributed by atoms with E-state index in [1.54, 1.807) is 7.11 Å². The van der Waals surface area contributed by atoms with Gasteiger partial charge >= 0.3 is 0 Å². The van der Waals surface area contributed by atoms with Crippen LogP contribution >= 0.6 is 11.6 Å². The van der Waals surface area contributed by atoms with E-state index >= 15 is 0 Å². The van der Waals surface area contributed by atoms with Crippen molar-refractivity contribution < 1.29 is 4.74 Å². The molecule has 0 spiro atoms. The first-order chi connectivity index (χ1) is 8.72. The third-order valence-corrected chi connectivity index (χ3v) is 3.06. The third kappa shape index (κ3) is 2.89. The van der Waals surface area contributed by atoms with Crippen molar-refractivity contribution in [2.45, 2.75) is 19.4 Å². The second kappa shape index (κ2) is 5.98. The number of fused-ring (bicyclic) bond motifs is 1. The van der Waals surface area contributed by atoms with Crippen molar-refractivity contribution in [1.29, 1.82) is 0 Å². The molecule has 0 bridgehead atoms. The van der Waals surface area contributed by atoms with Crippen molar-refractivity contribution in [1.82, 2.24) is 10.2 Å². The number of benzene rings is 1. The predicted octanol–water partition coefficient (Wildman–Crippen LogP) is 3.12. The van der Waals surface area contributed by atoms with Crippen LogP contribution in [-0.2, 0) is 4.74 Å². The molecule has 5 heteroatoms. The van der Waals surface area contributed by atoms with E-state index in [1.165, 1.54) is 0 Å². The van der Waals surface area contributed by atoms with Crippen LogP contribution in [-0.4, -0.2) is 30.0 Å². The lowest BCUT2D eigenvalue weighted by atomic mass is 10.1. The zero-order chi connectivity index (χ0) is 13.0. The van der Waals surface area contributed by atoms with Crippen molar-refractivity contribution in [3.8, 4) is 0 Å². The van der Waals surface area contributed by atoms with Crippen LogP contribution in [0.25, 0.3) is 10.8 Å².